The van der Waals surface area contributed by atoms with Crippen LogP contribution < -0.4 is 4.74 Å². The molecule has 6 nitrogen and oxygen atoms in total. The molecule has 1 aliphatic heterocycles. The number of thioether (sulfide) groups is 1. The molecule has 7 heteroatoms. The summed E-state index contributed by atoms with van der Waals surface area (Å²) in [5.74, 6) is -0.0160. The molecule has 0 bridgehead atoms. The fourth-order valence-corrected chi connectivity index (χ4v) is 4.91. The van der Waals surface area contributed by atoms with Gasteiger partial charge in [0.25, 0.3) is 5.91 Å². The SMILES string of the molecule is COc1cc(C)c(/C=C2\SC(=Nc3ccccc3)N(Cc3ccc(C(=O)O)cc3)C2=O)cc1C(C)C. The van der Waals surface area contributed by atoms with E-state index >= 15 is 0 Å². The maximum Gasteiger partial charge on any atom is 0.335 e. The first-order valence-corrected chi connectivity index (χ1v) is 12.4. The van der Waals surface area contributed by atoms with Crippen LogP contribution in [0, 0.1) is 6.92 Å². The molecule has 4 rings (SSSR count). The van der Waals surface area contributed by atoms with Crippen LogP contribution in [0.3, 0.4) is 0 Å². The zero-order valence-electron chi connectivity index (χ0n) is 20.7. The highest BCUT2D eigenvalue weighted by Crippen LogP contribution is 2.37. The molecule has 0 aromatic heterocycles. The van der Waals surface area contributed by atoms with Gasteiger partial charge in [0.1, 0.15) is 5.75 Å². The quantitative estimate of drug-likeness (QED) is 0.368. The zero-order valence-corrected chi connectivity index (χ0v) is 21.5. The summed E-state index contributed by atoms with van der Waals surface area (Å²) in [6.07, 6.45) is 1.92. The second-order valence-electron chi connectivity index (χ2n) is 8.84. The van der Waals surface area contributed by atoms with Gasteiger partial charge in [0.2, 0.25) is 0 Å². The molecule has 36 heavy (non-hydrogen) atoms. The minimum absolute atomic E-state index is 0.140. The third-order valence-electron chi connectivity index (χ3n) is 5.94. The lowest BCUT2D eigenvalue weighted by Gasteiger charge is -2.16. The molecule has 1 aliphatic rings. The topological polar surface area (TPSA) is 79.2 Å². The smallest absolute Gasteiger partial charge is 0.335 e. The van der Waals surface area contributed by atoms with Gasteiger partial charge in [0, 0.05) is 0 Å². The number of aryl methyl sites for hydroxylation is 1. The first-order chi connectivity index (χ1) is 17.3. The molecule has 1 heterocycles. The van der Waals surface area contributed by atoms with Gasteiger partial charge in [-0.1, -0.05) is 44.2 Å². The average Bonchev–Trinajstić information content (AvgIpc) is 3.14. The van der Waals surface area contributed by atoms with E-state index in [-0.39, 0.29) is 23.9 Å². The maximum absolute atomic E-state index is 13.6. The Balaban J connectivity index is 1.72. The minimum atomic E-state index is -0.985. The van der Waals surface area contributed by atoms with E-state index in [9.17, 15) is 14.7 Å². The van der Waals surface area contributed by atoms with Gasteiger partial charge in [-0.15, -0.1) is 0 Å². The van der Waals surface area contributed by atoms with E-state index in [1.807, 2.05) is 49.4 Å². The Labute approximate surface area is 215 Å². The molecular formula is C29H28N2O4S. The fraction of sp³-hybridized carbons (Fsp3) is 0.207. The summed E-state index contributed by atoms with van der Waals surface area (Å²) < 4.78 is 5.57. The monoisotopic (exact) mass is 500 g/mol. The predicted octanol–water partition coefficient (Wildman–Crippen LogP) is 6.63. The summed E-state index contributed by atoms with van der Waals surface area (Å²) in [4.78, 5) is 31.8. The van der Waals surface area contributed by atoms with E-state index in [1.54, 1.807) is 36.3 Å². The van der Waals surface area contributed by atoms with Gasteiger partial charge in [0.05, 0.1) is 29.8 Å². The lowest BCUT2D eigenvalue weighted by Crippen LogP contribution is -2.28. The van der Waals surface area contributed by atoms with Crippen LogP contribution in [0.5, 0.6) is 5.75 Å². The standard InChI is InChI=1S/C29H28N2O4S/c1-18(2)24-15-22(19(3)14-25(24)35-4)16-26-27(32)31(17-20-10-12-21(13-11-20)28(33)34)29(36-26)30-23-8-6-5-7-9-23/h5-16,18H,17H2,1-4H3,(H,33,34)/b26-16-,30-29?. The fourth-order valence-electron chi connectivity index (χ4n) is 3.92. The van der Waals surface area contributed by atoms with Gasteiger partial charge in [-0.25, -0.2) is 9.79 Å². The van der Waals surface area contributed by atoms with Gasteiger partial charge < -0.3 is 9.84 Å². The van der Waals surface area contributed by atoms with Crippen molar-refractivity contribution < 1.29 is 19.4 Å². The van der Waals surface area contributed by atoms with Gasteiger partial charge in [-0.05, 0) is 89.3 Å². The molecular weight excluding hydrogens is 472 g/mol. The third-order valence-corrected chi connectivity index (χ3v) is 6.94. The van der Waals surface area contributed by atoms with Crippen molar-refractivity contribution in [3.8, 4) is 5.75 Å². The number of carboxylic acid groups (broad SMARTS) is 1. The molecule has 1 N–H and O–H groups in total. The summed E-state index contributed by atoms with van der Waals surface area (Å²) in [7, 11) is 1.67. The summed E-state index contributed by atoms with van der Waals surface area (Å²) in [5.41, 5.74) is 4.83. The molecule has 3 aromatic rings. The molecule has 1 saturated heterocycles. The van der Waals surface area contributed by atoms with Crippen LogP contribution >= 0.6 is 11.8 Å². The lowest BCUT2D eigenvalue weighted by atomic mass is 9.96. The van der Waals surface area contributed by atoms with Crippen LogP contribution in [-0.4, -0.2) is 34.2 Å². The molecule has 0 unspecified atom stereocenters. The summed E-state index contributed by atoms with van der Waals surface area (Å²) in [6.45, 7) is 6.51. The van der Waals surface area contributed by atoms with Crippen LogP contribution in [0.4, 0.5) is 5.69 Å². The number of hydrogen-bond donors (Lipinski definition) is 1. The van der Waals surface area contributed by atoms with E-state index < -0.39 is 5.97 Å². The summed E-state index contributed by atoms with van der Waals surface area (Å²) in [5, 5.41) is 9.77. The number of rotatable bonds is 7. The number of carbonyl (C=O) groups is 2. The molecule has 0 radical (unpaired) electrons. The van der Waals surface area contributed by atoms with Gasteiger partial charge in [0.15, 0.2) is 5.17 Å². The molecule has 1 fully saturated rings. The van der Waals surface area contributed by atoms with E-state index in [1.165, 1.54) is 11.8 Å². The minimum Gasteiger partial charge on any atom is -0.496 e. The molecule has 0 saturated carbocycles. The number of ether oxygens (including phenoxy) is 1. The van der Waals surface area contributed by atoms with Crippen molar-refractivity contribution in [1.29, 1.82) is 0 Å². The molecule has 1 amide bonds. The number of amidine groups is 1. The largest absolute Gasteiger partial charge is 0.496 e. The Morgan fingerprint density at radius 2 is 1.81 bits per heavy atom. The second kappa shape index (κ2) is 10.8. The van der Waals surface area contributed by atoms with Crippen LogP contribution in [0.2, 0.25) is 0 Å². The molecule has 184 valence electrons. The zero-order chi connectivity index (χ0) is 25.8. The van der Waals surface area contributed by atoms with Gasteiger partial charge in [-0.3, -0.25) is 9.69 Å². The molecule has 0 aliphatic carbocycles. The van der Waals surface area contributed by atoms with Gasteiger partial charge >= 0.3 is 5.97 Å². The van der Waals surface area contributed by atoms with Crippen molar-refractivity contribution in [2.75, 3.05) is 7.11 Å². The van der Waals surface area contributed by atoms with Crippen LogP contribution in [0.15, 0.2) is 76.6 Å². The number of carbonyl (C=O) groups excluding carboxylic acids is 1. The Hall–Kier alpha value is -3.84. The lowest BCUT2D eigenvalue weighted by molar-refractivity contribution is -0.122. The first kappa shape index (κ1) is 25.3. The number of methoxy groups -OCH3 is 1. The van der Waals surface area contributed by atoms with E-state index in [0.717, 1.165) is 33.7 Å². The van der Waals surface area contributed by atoms with Crippen LogP contribution in [-0.2, 0) is 11.3 Å². The van der Waals surface area contributed by atoms with Crippen molar-refractivity contribution in [3.63, 3.8) is 0 Å². The maximum atomic E-state index is 13.6. The van der Waals surface area contributed by atoms with Crippen LogP contribution in [0.1, 0.15) is 52.4 Å². The highest BCUT2D eigenvalue weighted by Gasteiger charge is 2.33. The molecule has 0 spiro atoms. The number of benzene rings is 3. The van der Waals surface area contributed by atoms with Crippen molar-refractivity contribution in [2.24, 2.45) is 4.99 Å². The first-order valence-electron chi connectivity index (χ1n) is 11.6. The number of aromatic carboxylic acids is 1. The highest BCUT2D eigenvalue weighted by atomic mass is 32.2. The number of hydrogen-bond acceptors (Lipinski definition) is 5. The second-order valence-corrected chi connectivity index (χ2v) is 9.85. The predicted molar refractivity (Wildman–Crippen MR) is 145 cm³/mol. The number of carboxylic acids is 1. The van der Waals surface area contributed by atoms with Crippen molar-refractivity contribution in [1.82, 2.24) is 4.90 Å². The van der Waals surface area contributed by atoms with E-state index in [4.69, 9.17) is 9.73 Å². The Morgan fingerprint density at radius 3 is 2.42 bits per heavy atom. The van der Waals surface area contributed by atoms with Crippen molar-refractivity contribution >= 4 is 40.6 Å². The van der Waals surface area contributed by atoms with E-state index in [0.29, 0.717) is 10.1 Å². The Bertz CT molecular complexity index is 1350. The number of aliphatic imine (C=N–C) groups is 1. The third kappa shape index (κ3) is 5.52. The Morgan fingerprint density at radius 1 is 1.11 bits per heavy atom. The number of nitrogens with zero attached hydrogens (tertiary/aromatic N) is 2. The van der Waals surface area contributed by atoms with E-state index in [2.05, 4.69) is 19.9 Å². The molecule has 3 aromatic carbocycles. The summed E-state index contributed by atoms with van der Waals surface area (Å²) in [6, 6.07) is 20.1. The number of para-hydroxylation sites is 1. The summed E-state index contributed by atoms with van der Waals surface area (Å²) >= 11 is 1.34. The highest BCUT2D eigenvalue weighted by molar-refractivity contribution is 8.18. The number of amides is 1. The van der Waals surface area contributed by atoms with Crippen LogP contribution in [0.25, 0.3) is 6.08 Å². The molecule has 0 atom stereocenters. The normalized spacial score (nSPS) is 15.8. The van der Waals surface area contributed by atoms with Crippen molar-refractivity contribution in [2.45, 2.75) is 33.2 Å². The Kier molecular flexibility index (Phi) is 7.60. The van der Waals surface area contributed by atoms with Gasteiger partial charge in [-0.2, -0.15) is 0 Å². The van der Waals surface area contributed by atoms with Crippen molar-refractivity contribution in [3.05, 3.63) is 99.5 Å². The average molecular weight is 501 g/mol.